The van der Waals surface area contributed by atoms with E-state index in [9.17, 15) is 4.79 Å². The van der Waals surface area contributed by atoms with E-state index < -0.39 is 0 Å². The molecule has 0 aromatic heterocycles. The number of benzene rings is 1. The van der Waals surface area contributed by atoms with Crippen LogP contribution in [0.1, 0.15) is 23.7 Å². The second-order valence-corrected chi connectivity index (χ2v) is 5.53. The summed E-state index contributed by atoms with van der Waals surface area (Å²) in [5.74, 6) is 0.325. The highest BCUT2D eigenvalue weighted by Gasteiger charge is 2.09. The molecule has 0 saturated carbocycles. The number of hydrogen-bond acceptors (Lipinski definition) is 1. The fourth-order valence-electron chi connectivity index (χ4n) is 1.29. The van der Waals surface area contributed by atoms with Gasteiger partial charge in [0.25, 0.3) is 5.91 Å². The van der Waals surface area contributed by atoms with Gasteiger partial charge in [0.15, 0.2) is 0 Å². The lowest BCUT2D eigenvalue weighted by Gasteiger charge is -2.11. The topological polar surface area (TPSA) is 29.1 Å². The molecule has 2 nitrogen and oxygen atoms in total. The van der Waals surface area contributed by atoms with Crippen LogP contribution in [0.15, 0.2) is 18.2 Å². The first-order chi connectivity index (χ1) is 8.04. The van der Waals surface area contributed by atoms with Crippen molar-refractivity contribution in [1.82, 2.24) is 5.32 Å². The zero-order valence-electron chi connectivity index (χ0n) is 9.47. The Morgan fingerprint density at radius 2 is 2.12 bits per heavy atom. The Hall–Kier alpha value is -0.250. The molecule has 0 fully saturated rings. The number of carbonyl (C=O) groups is 1. The van der Waals surface area contributed by atoms with Gasteiger partial charge in [-0.3, -0.25) is 4.79 Å². The molecule has 1 rings (SSSR count). The van der Waals surface area contributed by atoms with E-state index in [-0.39, 0.29) is 5.91 Å². The maximum absolute atomic E-state index is 11.8. The molecule has 0 heterocycles. The number of hydrogen-bond donors (Lipinski definition) is 1. The van der Waals surface area contributed by atoms with Gasteiger partial charge in [-0.25, -0.2) is 0 Å². The summed E-state index contributed by atoms with van der Waals surface area (Å²) in [7, 11) is 0. The number of nitrogens with one attached hydrogen (secondary N) is 1. The Labute approximate surface area is 120 Å². The van der Waals surface area contributed by atoms with E-state index in [2.05, 4.69) is 28.2 Å². The van der Waals surface area contributed by atoms with E-state index >= 15 is 0 Å². The molecule has 0 aliphatic rings. The van der Waals surface area contributed by atoms with E-state index in [0.717, 1.165) is 11.8 Å². The standard InChI is InChI=1S/C12H14BrCl2NO/c1-8(4-5-13)7-16-12(17)9-2-3-10(14)11(15)6-9/h2-3,6,8H,4-5,7H2,1H3,(H,16,17). The summed E-state index contributed by atoms with van der Waals surface area (Å²) in [6.45, 7) is 2.75. The van der Waals surface area contributed by atoms with Gasteiger partial charge in [0.1, 0.15) is 0 Å². The van der Waals surface area contributed by atoms with Crippen molar-refractivity contribution in [2.45, 2.75) is 13.3 Å². The Morgan fingerprint density at radius 1 is 1.41 bits per heavy atom. The quantitative estimate of drug-likeness (QED) is 0.803. The minimum Gasteiger partial charge on any atom is -0.352 e. The van der Waals surface area contributed by atoms with Crippen molar-refractivity contribution in [2.75, 3.05) is 11.9 Å². The highest BCUT2D eigenvalue weighted by molar-refractivity contribution is 9.09. The summed E-state index contributed by atoms with van der Waals surface area (Å²) in [4.78, 5) is 11.8. The summed E-state index contributed by atoms with van der Waals surface area (Å²) in [5.41, 5.74) is 0.533. The normalized spacial score (nSPS) is 12.2. The lowest BCUT2D eigenvalue weighted by molar-refractivity contribution is 0.0948. The average molecular weight is 339 g/mol. The summed E-state index contributed by atoms with van der Waals surface area (Å²) in [6.07, 6.45) is 1.03. The Bertz CT molecular complexity index is 398. The molecule has 0 bridgehead atoms. The second kappa shape index (κ2) is 7.24. The molecule has 5 heteroatoms. The van der Waals surface area contributed by atoms with Crippen LogP contribution in [0, 0.1) is 5.92 Å². The predicted octanol–water partition coefficient (Wildman–Crippen LogP) is 4.14. The molecular formula is C12H14BrCl2NO. The zero-order chi connectivity index (χ0) is 12.8. The van der Waals surface area contributed by atoms with Crippen LogP contribution in [0.2, 0.25) is 10.0 Å². The average Bonchev–Trinajstić information content (AvgIpc) is 2.30. The molecule has 1 unspecified atom stereocenters. The number of halogens is 3. The summed E-state index contributed by atoms with van der Waals surface area (Å²) < 4.78 is 0. The number of rotatable bonds is 5. The second-order valence-electron chi connectivity index (χ2n) is 3.92. The number of carbonyl (C=O) groups excluding carboxylic acids is 1. The highest BCUT2D eigenvalue weighted by atomic mass is 79.9. The lowest BCUT2D eigenvalue weighted by Crippen LogP contribution is -2.28. The minimum atomic E-state index is -0.120. The van der Waals surface area contributed by atoms with Crippen molar-refractivity contribution in [3.8, 4) is 0 Å². The molecule has 0 radical (unpaired) electrons. The molecule has 0 spiro atoms. The lowest BCUT2D eigenvalue weighted by atomic mass is 10.1. The van der Waals surface area contributed by atoms with E-state index in [1.165, 1.54) is 0 Å². The largest absolute Gasteiger partial charge is 0.352 e. The van der Waals surface area contributed by atoms with Crippen molar-refractivity contribution in [1.29, 1.82) is 0 Å². The van der Waals surface area contributed by atoms with Gasteiger partial charge in [-0.15, -0.1) is 0 Å². The molecule has 1 atom stereocenters. The molecule has 1 aromatic carbocycles. The van der Waals surface area contributed by atoms with Gasteiger partial charge in [0, 0.05) is 17.4 Å². The SMILES string of the molecule is CC(CCBr)CNC(=O)c1ccc(Cl)c(Cl)c1. The molecule has 1 N–H and O–H groups in total. The van der Waals surface area contributed by atoms with Gasteiger partial charge in [-0.2, -0.15) is 0 Å². The van der Waals surface area contributed by atoms with Gasteiger partial charge in [-0.1, -0.05) is 46.1 Å². The van der Waals surface area contributed by atoms with Crippen LogP contribution in [0.25, 0.3) is 0 Å². The number of alkyl halides is 1. The maximum Gasteiger partial charge on any atom is 0.251 e. The molecule has 94 valence electrons. The molecule has 1 aromatic rings. The van der Waals surface area contributed by atoms with E-state index in [1.807, 2.05) is 0 Å². The van der Waals surface area contributed by atoms with Crippen LogP contribution in [-0.2, 0) is 0 Å². The van der Waals surface area contributed by atoms with Gasteiger partial charge in [-0.05, 0) is 30.5 Å². The summed E-state index contributed by atoms with van der Waals surface area (Å²) in [5, 5.41) is 4.66. The van der Waals surface area contributed by atoms with E-state index in [0.29, 0.717) is 28.1 Å². The van der Waals surface area contributed by atoms with Gasteiger partial charge < -0.3 is 5.32 Å². The van der Waals surface area contributed by atoms with Gasteiger partial charge >= 0.3 is 0 Å². The predicted molar refractivity (Wildman–Crippen MR) is 76.4 cm³/mol. The van der Waals surface area contributed by atoms with Crippen molar-refractivity contribution in [3.05, 3.63) is 33.8 Å². The Morgan fingerprint density at radius 3 is 2.71 bits per heavy atom. The van der Waals surface area contributed by atoms with Crippen molar-refractivity contribution in [3.63, 3.8) is 0 Å². The first kappa shape index (κ1) is 14.8. The van der Waals surface area contributed by atoms with E-state index in [1.54, 1.807) is 18.2 Å². The first-order valence-corrected chi connectivity index (χ1v) is 7.21. The van der Waals surface area contributed by atoms with Crippen LogP contribution < -0.4 is 5.32 Å². The fraction of sp³-hybridized carbons (Fsp3) is 0.417. The molecular weight excluding hydrogens is 325 g/mol. The van der Waals surface area contributed by atoms with Crippen LogP contribution in [-0.4, -0.2) is 17.8 Å². The monoisotopic (exact) mass is 337 g/mol. The van der Waals surface area contributed by atoms with Crippen LogP contribution in [0.4, 0.5) is 0 Å². The summed E-state index contributed by atoms with van der Waals surface area (Å²) >= 11 is 15.0. The van der Waals surface area contributed by atoms with Crippen LogP contribution >= 0.6 is 39.1 Å². The van der Waals surface area contributed by atoms with Gasteiger partial charge in [0.05, 0.1) is 10.0 Å². The summed E-state index contributed by atoms with van der Waals surface area (Å²) in [6, 6.07) is 4.87. The Kier molecular flexibility index (Phi) is 6.31. The molecule has 0 saturated heterocycles. The first-order valence-electron chi connectivity index (χ1n) is 5.33. The molecule has 17 heavy (non-hydrogen) atoms. The van der Waals surface area contributed by atoms with Crippen LogP contribution in [0.5, 0.6) is 0 Å². The third-order valence-corrected chi connectivity index (χ3v) is 3.59. The molecule has 0 aliphatic carbocycles. The minimum absolute atomic E-state index is 0.120. The smallest absolute Gasteiger partial charge is 0.251 e. The third kappa shape index (κ3) is 4.86. The molecule has 1 amide bonds. The van der Waals surface area contributed by atoms with E-state index in [4.69, 9.17) is 23.2 Å². The van der Waals surface area contributed by atoms with Gasteiger partial charge in [0.2, 0.25) is 0 Å². The van der Waals surface area contributed by atoms with Crippen LogP contribution in [0.3, 0.4) is 0 Å². The van der Waals surface area contributed by atoms with Crippen molar-refractivity contribution >= 4 is 45.0 Å². The molecule has 0 aliphatic heterocycles. The number of amides is 1. The fourth-order valence-corrected chi connectivity index (χ4v) is 2.37. The highest BCUT2D eigenvalue weighted by Crippen LogP contribution is 2.22. The third-order valence-electron chi connectivity index (χ3n) is 2.39. The van der Waals surface area contributed by atoms with Crippen molar-refractivity contribution in [2.24, 2.45) is 5.92 Å². The zero-order valence-corrected chi connectivity index (χ0v) is 12.6. The maximum atomic E-state index is 11.8. The van der Waals surface area contributed by atoms with Crippen molar-refractivity contribution < 1.29 is 4.79 Å². The Balaban J connectivity index is 2.55.